The van der Waals surface area contributed by atoms with Crippen molar-refractivity contribution in [3.63, 3.8) is 0 Å². The highest BCUT2D eigenvalue weighted by Crippen LogP contribution is 2.17. The number of thioether (sulfide) groups is 1. The van der Waals surface area contributed by atoms with Gasteiger partial charge in [0, 0.05) is 0 Å². The number of hydrogen-bond donors (Lipinski definition) is 0. The molecule has 0 aromatic carbocycles. The number of rotatable bonds is 4. The Morgan fingerprint density at radius 2 is 2.33 bits per heavy atom. The van der Waals surface area contributed by atoms with Crippen molar-refractivity contribution in [1.29, 1.82) is 0 Å². The first-order chi connectivity index (χ1) is 5.68. The molecule has 68 valence electrons. The van der Waals surface area contributed by atoms with Gasteiger partial charge in [-0.05, 0) is 34.8 Å². The normalized spacial score (nSPS) is 11.0. The maximum Gasteiger partial charge on any atom is 0.203 e. The second-order valence-corrected chi connectivity index (χ2v) is 5.24. The Morgan fingerprint density at radius 1 is 1.58 bits per heavy atom. The summed E-state index contributed by atoms with van der Waals surface area (Å²) in [5.41, 5.74) is 0. The van der Waals surface area contributed by atoms with Gasteiger partial charge >= 0.3 is 0 Å². The zero-order valence-electron chi connectivity index (χ0n) is 7.08. The summed E-state index contributed by atoms with van der Waals surface area (Å²) in [5, 5.41) is 0. The summed E-state index contributed by atoms with van der Waals surface area (Å²) in [5.74, 6) is 3.61. The Labute approximate surface area is 85.9 Å². The van der Waals surface area contributed by atoms with Crippen LogP contribution in [0.1, 0.15) is 19.7 Å². The van der Waals surface area contributed by atoms with Crippen LogP contribution in [0, 0.1) is 5.92 Å². The molecule has 5 heteroatoms. The summed E-state index contributed by atoms with van der Waals surface area (Å²) in [7, 11) is 0. The average Bonchev–Trinajstić information content (AvgIpc) is 2.35. The molecule has 1 aromatic rings. The molecule has 12 heavy (non-hydrogen) atoms. The van der Waals surface area contributed by atoms with E-state index in [-0.39, 0.29) is 0 Å². The number of halogens is 1. The van der Waals surface area contributed by atoms with Gasteiger partial charge in [0.15, 0.2) is 5.82 Å². The van der Waals surface area contributed by atoms with Crippen LogP contribution in [0.3, 0.4) is 0 Å². The Balaban J connectivity index is 2.24. The van der Waals surface area contributed by atoms with Crippen LogP contribution in [-0.2, 0) is 5.75 Å². The van der Waals surface area contributed by atoms with E-state index in [1.807, 2.05) is 11.8 Å². The zero-order valence-corrected chi connectivity index (χ0v) is 9.47. The van der Waals surface area contributed by atoms with Crippen molar-refractivity contribution >= 4 is 34.9 Å². The predicted octanol–water partition coefficient (Wildman–Crippen LogP) is 3.08. The highest BCUT2D eigenvalue weighted by molar-refractivity contribution is 7.98. The molecule has 0 aliphatic rings. The molecule has 0 saturated heterocycles. The lowest BCUT2D eigenvalue weighted by atomic mass is 10.3. The summed E-state index contributed by atoms with van der Waals surface area (Å²) in [4.78, 5) is 4.06. The van der Waals surface area contributed by atoms with Crippen LogP contribution in [0.4, 0.5) is 0 Å². The van der Waals surface area contributed by atoms with Crippen LogP contribution in [0.15, 0.2) is 0 Å². The van der Waals surface area contributed by atoms with E-state index in [4.69, 9.17) is 11.6 Å². The fraction of sp³-hybridized carbons (Fsp3) is 0.714. The minimum absolute atomic E-state index is 0.537. The fourth-order valence-corrected chi connectivity index (χ4v) is 2.29. The molecule has 0 spiro atoms. The van der Waals surface area contributed by atoms with Gasteiger partial charge in [-0.25, -0.2) is 4.98 Å². The van der Waals surface area contributed by atoms with Crippen LogP contribution < -0.4 is 0 Å². The van der Waals surface area contributed by atoms with E-state index >= 15 is 0 Å². The lowest BCUT2D eigenvalue weighted by molar-refractivity contribution is 0.750. The molecule has 1 aromatic heterocycles. The van der Waals surface area contributed by atoms with Crippen molar-refractivity contribution in [2.75, 3.05) is 5.75 Å². The molecular formula is C7H11ClN2S2. The molecule has 0 aliphatic heterocycles. The molecule has 0 atom stereocenters. The van der Waals surface area contributed by atoms with Crippen molar-refractivity contribution in [2.45, 2.75) is 19.6 Å². The number of hydrogen-bond acceptors (Lipinski definition) is 4. The van der Waals surface area contributed by atoms with Gasteiger partial charge in [0.1, 0.15) is 0 Å². The summed E-state index contributed by atoms with van der Waals surface area (Å²) in [6.45, 7) is 4.41. The standard InChI is InChI=1S/C7H11ClN2S2/c1-5(2)3-11-4-6-9-7(8)12-10-6/h5H,3-4H2,1-2H3. The molecule has 0 aliphatic carbocycles. The van der Waals surface area contributed by atoms with E-state index in [1.165, 1.54) is 11.5 Å². The minimum Gasteiger partial charge on any atom is -0.207 e. The Kier molecular flexibility index (Phi) is 4.32. The topological polar surface area (TPSA) is 25.8 Å². The average molecular weight is 223 g/mol. The maximum absolute atomic E-state index is 5.64. The maximum atomic E-state index is 5.64. The van der Waals surface area contributed by atoms with Crippen LogP contribution in [0.25, 0.3) is 0 Å². The van der Waals surface area contributed by atoms with E-state index in [0.29, 0.717) is 4.47 Å². The van der Waals surface area contributed by atoms with Gasteiger partial charge in [-0.3, -0.25) is 0 Å². The van der Waals surface area contributed by atoms with Gasteiger partial charge in [0.05, 0.1) is 5.75 Å². The molecule has 0 saturated carbocycles. The monoisotopic (exact) mass is 222 g/mol. The Morgan fingerprint density at radius 3 is 2.83 bits per heavy atom. The molecule has 0 N–H and O–H groups in total. The van der Waals surface area contributed by atoms with Crippen molar-refractivity contribution in [3.8, 4) is 0 Å². The summed E-state index contributed by atoms with van der Waals surface area (Å²) in [6.07, 6.45) is 0. The molecule has 2 nitrogen and oxygen atoms in total. The van der Waals surface area contributed by atoms with Gasteiger partial charge in [-0.2, -0.15) is 16.1 Å². The van der Waals surface area contributed by atoms with E-state index in [1.54, 1.807) is 0 Å². The first kappa shape index (κ1) is 10.3. The highest BCUT2D eigenvalue weighted by Gasteiger charge is 2.02. The highest BCUT2D eigenvalue weighted by atomic mass is 35.5. The van der Waals surface area contributed by atoms with Crippen molar-refractivity contribution in [1.82, 2.24) is 9.36 Å². The van der Waals surface area contributed by atoms with Crippen LogP contribution in [-0.4, -0.2) is 15.1 Å². The molecular weight excluding hydrogens is 212 g/mol. The third-order valence-corrected chi connectivity index (χ3v) is 3.33. The second-order valence-electron chi connectivity index (χ2n) is 2.87. The minimum atomic E-state index is 0.537. The van der Waals surface area contributed by atoms with Gasteiger partial charge in [0.2, 0.25) is 4.47 Å². The van der Waals surface area contributed by atoms with Crippen molar-refractivity contribution in [3.05, 3.63) is 10.3 Å². The van der Waals surface area contributed by atoms with Gasteiger partial charge in [-0.15, -0.1) is 0 Å². The lowest BCUT2D eigenvalue weighted by Gasteiger charge is -2.00. The van der Waals surface area contributed by atoms with Gasteiger partial charge in [0.25, 0.3) is 0 Å². The van der Waals surface area contributed by atoms with E-state index in [9.17, 15) is 0 Å². The molecule has 0 fully saturated rings. The van der Waals surface area contributed by atoms with Crippen LogP contribution >= 0.6 is 34.9 Å². The lowest BCUT2D eigenvalue weighted by Crippen LogP contribution is -1.92. The third kappa shape index (κ3) is 3.74. The van der Waals surface area contributed by atoms with Gasteiger partial charge in [-0.1, -0.05) is 13.8 Å². The molecule has 0 radical (unpaired) electrons. The molecule has 0 bridgehead atoms. The summed E-state index contributed by atoms with van der Waals surface area (Å²) in [6, 6.07) is 0. The largest absolute Gasteiger partial charge is 0.207 e. The van der Waals surface area contributed by atoms with Crippen LogP contribution in [0.2, 0.25) is 4.47 Å². The summed E-state index contributed by atoms with van der Waals surface area (Å²) >= 11 is 8.74. The molecule has 1 rings (SSSR count). The number of nitrogens with zero attached hydrogens (tertiary/aromatic N) is 2. The third-order valence-electron chi connectivity index (χ3n) is 1.13. The van der Waals surface area contributed by atoms with Crippen molar-refractivity contribution < 1.29 is 0 Å². The smallest absolute Gasteiger partial charge is 0.203 e. The quantitative estimate of drug-likeness (QED) is 0.783. The van der Waals surface area contributed by atoms with Gasteiger partial charge < -0.3 is 0 Å². The van der Waals surface area contributed by atoms with E-state index in [2.05, 4.69) is 23.2 Å². The molecule has 1 heterocycles. The summed E-state index contributed by atoms with van der Waals surface area (Å²) < 4.78 is 4.63. The zero-order chi connectivity index (χ0) is 8.97. The Bertz CT molecular complexity index is 237. The van der Waals surface area contributed by atoms with E-state index < -0.39 is 0 Å². The molecule has 0 amide bonds. The Hall–Kier alpha value is 0.200. The second kappa shape index (κ2) is 5.04. The van der Waals surface area contributed by atoms with E-state index in [0.717, 1.165) is 23.2 Å². The van der Waals surface area contributed by atoms with Crippen LogP contribution in [0.5, 0.6) is 0 Å². The first-order valence-corrected chi connectivity index (χ1v) is 6.05. The van der Waals surface area contributed by atoms with Crippen molar-refractivity contribution in [2.24, 2.45) is 5.92 Å². The predicted molar refractivity (Wildman–Crippen MR) is 55.9 cm³/mol. The fourth-order valence-electron chi connectivity index (χ4n) is 0.677. The first-order valence-electron chi connectivity index (χ1n) is 3.74. The number of aromatic nitrogens is 2. The molecule has 0 unspecified atom stereocenters. The SMILES string of the molecule is CC(C)CSCc1nsc(Cl)n1.